The molecule has 248 valence electrons. The van der Waals surface area contributed by atoms with Crippen LogP contribution in [0.4, 0.5) is 4.79 Å². The molecule has 0 unspecified atom stereocenters. The van der Waals surface area contributed by atoms with E-state index in [1.54, 1.807) is 0 Å². The molecule has 2 amide bonds. The summed E-state index contributed by atoms with van der Waals surface area (Å²) in [6.45, 7) is 14.5. The van der Waals surface area contributed by atoms with E-state index in [-0.39, 0.29) is 24.2 Å². The van der Waals surface area contributed by atoms with Crippen LogP contribution in [-0.2, 0) is 43.1 Å². The standard InChI is InChI=1S/C37H50N2O6Si/c1-27(2)23-32(35(41)43-25-29-19-13-9-14-20-29)38-34(40)33(45-46(6,7)37(3,4)5)31(24-28-17-11-8-12-18-28)39-36(42)44-26-30-21-15-10-16-22-30/h8-22,27,31-33H,23-26H2,1-7H3,(H,38,40)(H,39,42)/t31-,32+,33+/m1/s1. The van der Waals surface area contributed by atoms with Crippen LogP contribution in [0, 0.1) is 5.92 Å². The summed E-state index contributed by atoms with van der Waals surface area (Å²) in [6, 6.07) is 26.7. The zero-order valence-corrected chi connectivity index (χ0v) is 29.2. The molecule has 0 aliphatic heterocycles. The Morgan fingerprint density at radius 1 is 0.717 bits per heavy atom. The molecule has 0 aromatic heterocycles. The molecule has 3 atom stereocenters. The van der Waals surface area contributed by atoms with E-state index < -0.39 is 44.5 Å². The number of benzene rings is 3. The van der Waals surface area contributed by atoms with E-state index in [1.807, 2.05) is 105 Å². The summed E-state index contributed by atoms with van der Waals surface area (Å²) in [4.78, 5) is 40.9. The van der Waals surface area contributed by atoms with Crippen LogP contribution in [0.2, 0.25) is 18.1 Å². The largest absolute Gasteiger partial charge is 0.459 e. The number of esters is 1. The second-order valence-corrected chi connectivity index (χ2v) is 18.3. The molecule has 0 bridgehead atoms. The maximum atomic E-state index is 14.3. The van der Waals surface area contributed by atoms with E-state index in [0.717, 1.165) is 16.7 Å². The van der Waals surface area contributed by atoms with Crippen molar-refractivity contribution in [2.45, 2.75) is 97.0 Å². The fourth-order valence-corrected chi connectivity index (χ4v) is 5.86. The average molecular weight is 647 g/mol. The van der Waals surface area contributed by atoms with Gasteiger partial charge in [-0.2, -0.15) is 0 Å². The second kappa shape index (κ2) is 17.1. The number of alkyl carbamates (subject to hydrolysis) is 1. The minimum atomic E-state index is -2.57. The van der Waals surface area contributed by atoms with Gasteiger partial charge >= 0.3 is 12.1 Å². The molecule has 0 radical (unpaired) electrons. The van der Waals surface area contributed by atoms with E-state index in [1.165, 1.54) is 0 Å². The summed E-state index contributed by atoms with van der Waals surface area (Å²) in [5, 5.41) is 5.65. The summed E-state index contributed by atoms with van der Waals surface area (Å²) in [6.07, 6.45) is -1.09. The summed E-state index contributed by atoms with van der Waals surface area (Å²) in [5.74, 6) is -0.913. The third-order valence-corrected chi connectivity index (χ3v) is 12.7. The van der Waals surface area contributed by atoms with Crippen LogP contribution in [0.15, 0.2) is 91.0 Å². The lowest BCUT2D eigenvalue weighted by atomic mass is 9.99. The van der Waals surface area contributed by atoms with Gasteiger partial charge in [0.25, 0.3) is 5.91 Å². The summed E-state index contributed by atoms with van der Waals surface area (Å²) in [5.41, 5.74) is 2.61. The van der Waals surface area contributed by atoms with Gasteiger partial charge in [-0.15, -0.1) is 0 Å². The van der Waals surface area contributed by atoms with Crippen LogP contribution >= 0.6 is 0 Å². The molecule has 3 aromatic carbocycles. The van der Waals surface area contributed by atoms with E-state index in [9.17, 15) is 14.4 Å². The zero-order chi connectivity index (χ0) is 33.7. The van der Waals surface area contributed by atoms with Crippen molar-refractivity contribution in [1.29, 1.82) is 0 Å². The highest BCUT2D eigenvalue weighted by atomic mass is 28.4. The van der Waals surface area contributed by atoms with Crippen molar-refractivity contribution in [2.24, 2.45) is 5.92 Å². The first-order valence-electron chi connectivity index (χ1n) is 15.9. The molecule has 0 saturated carbocycles. The van der Waals surface area contributed by atoms with Gasteiger partial charge in [0.05, 0.1) is 6.04 Å². The maximum absolute atomic E-state index is 14.3. The Labute approximate surface area is 275 Å². The fraction of sp³-hybridized carbons (Fsp3) is 0.432. The summed E-state index contributed by atoms with van der Waals surface area (Å²) < 4.78 is 18.0. The van der Waals surface area contributed by atoms with E-state index in [0.29, 0.717) is 12.8 Å². The van der Waals surface area contributed by atoms with Gasteiger partial charge in [0.15, 0.2) is 8.32 Å². The molecule has 0 spiro atoms. The molecule has 0 aliphatic rings. The third kappa shape index (κ3) is 11.8. The number of carbonyl (C=O) groups is 3. The zero-order valence-electron chi connectivity index (χ0n) is 28.2. The summed E-state index contributed by atoms with van der Waals surface area (Å²) >= 11 is 0. The Morgan fingerprint density at radius 3 is 1.67 bits per heavy atom. The molecule has 3 aromatic rings. The topological polar surface area (TPSA) is 103 Å². The van der Waals surface area contributed by atoms with Crippen LogP contribution in [0.1, 0.15) is 57.7 Å². The Kier molecular flexibility index (Phi) is 13.6. The number of amides is 2. The average Bonchev–Trinajstić information content (AvgIpc) is 3.01. The number of hydrogen-bond acceptors (Lipinski definition) is 6. The quantitative estimate of drug-likeness (QED) is 0.134. The normalized spacial score (nSPS) is 13.7. The SMILES string of the molecule is CC(C)C[C@H](NC(=O)[C@@H](O[Si](C)(C)C(C)(C)C)[C@@H](Cc1ccccc1)NC(=O)OCc1ccccc1)C(=O)OCc1ccccc1. The first-order valence-corrected chi connectivity index (χ1v) is 18.9. The predicted molar refractivity (Wildman–Crippen MR) is 183 cm³/mol. The van der Waals surface area contributed by atoms with Gasteiger partial charge in [0.2, 0.25) is 0 Å². The van der Waals surface area contributed by atoms with Crippen LogP contribution in [0.5, 0.6) is 0 Å². The van der Waals surface area contributed by atoms with Gasteiger partial charge < -0.3 is 24.5 Å². The minimum Gasteiger partial charge on any atom is -0.459 e. The lowest BCUT2D eigenvalue weighted by Gasteiger charge is -2.41. The van der Waals surface area contributed by atoms with Crippen molar-refractivity contribution in [3.63, 3.8) is 0 Å². The van der Waals surface area contributed by atoms with E-state index in [2.05, 4.69) is 44.5 Å². The monoisotopic (exact) mass is 646 g/mol. The number of nitrogens with one attached hydrogen (secondary N) is 2. The van der Waals surface area contributed by atoms with Gasteiger partial charge in [-0.3, -0.25) is 4.79 Å². The molecular formula is C37H50N2O6Si. The van der Waals surface area contributed by atoms with E-state index in [4.69, 9.17) is 13.9 Å². The smallest absolute Gasteiger partial charge is 0.407 e. The van der Waals surface area contributed by atoms with Crippen LogP contribution < -0.4 is 10.6 Å². The summed E-state index contributed by atoms with van der Waals surface area (Å²) in [7, 11) is -2.57. The molecule has 3 rings (SSSR count). The van der Waals surface area contributed by atoms with Gasteiger partial charge in [0, 0.05) is 0 Å². The van der Waals surface area contributed by atoms with Crippen molar-refractivity contribution in [3.05, 3.63) is 108 Å². The van der Waals surface area contributed by atoms with Crippen molar-refractivity contribution in [3.8, 4) is 0 Å². The van der Waals surface area contributed by atoms with Gasteiger partial charge in [-0.05, 0) is 53.6 Å². The van der Waals surface area contributed by atoms with Crippen LogP contribution in [-0.4, -0.2) is 44.5 Å². The van der Waals surface area contributed by atoms with Crippen molar-refractivity contribution >= 4 is 26.3 Å². The molecule has 0 aliphatic carbocycles. The van der Waals surface area contributed by atoms with E-state index >= 15 is 0 Å². The van der Waals surface area contributed by atoms with Crippen LogP contribution in [0.3, 0.4) is 0 Å². The molecule has 46 heavy (non-hydrogen) atoms. The van der Waals surface area contributed by atoms with Gasteiger partial charge in [-0.1, -0.05) is 126 Å². The minimum absolute atomic E-state index is 0.0778. The molecule has 8 nitrogen and oxygen atoms in total. The third-order valence-electron chi connectivity index (χ3n) is 8.20. The van der Waals surface area contributed by atoms with Crippen LogP contribution in [0.25, 0.3) is 0 Å². The molecule has 9 heteroatoms. The Balaban J connectivity index is 1.91. The molecule has 0 heterocycles. The number of ether oxygens (including phenoxy) is 2. The number of hydrogen-bond donors (Lipinski definition) is 2. The highest BCUT2D eigenvalue weighted by Crippen LogP contribution is 2.38. The lowest BCUT2D eigenvalue weighted by molar-refractivity contribution is -0.150. The molecule has 2 N–H and O–H groups in total. The highest BCUT2D eigenvalue weighted by Gasteiger charge is 2.44. The Morgan fingerprint density at radius 2 is 1.20 bits per heavy atom. The maximum Gasteiger partial charge on any atom is 0.407 e. The molecular weight excluding hydrogens is 597 g/mol. The predicted octanol–water partition coefficient (Wildman–Crippen LogP) is 7.19. The number of rotatable bonds is 15. The Hall–Kier alpha value is -3.95. The first-order chi connectivity index (χ1) is 21.7. The molecule has 0 saturated heterocycles. The number of carbonyl (C=O) groups excluding carboxylic acids is 3. The Bertz CT molecular complexity index is 1380. The van der Waals surface area contributed by atoms with Crippen molar-refractivity contribution in [1.82, 2.24) is 10.6 Å². The first kappa shape index (κ1) is 36.5. The van der Waals surface area contributed by atoms with Crippen molar-refractivity contribution in [2.75, 3.05) is 0 Å². The highest BCUT2D eigenvalue weighted by molar-refractivity contribution is 6.74. The second-order valence-electron chi connectivity index (χ2n) is 13.6. The molecule has 0 fully saturated rings. The van der Waals surface area contributed by atoms with Gasteiger partial charge in [-0.25, -0.2) is 9.59 Å². The van der Waals surface area contributed by atoms with Crippen molar-refractivity contribution < 1.29 is 28.3 Å². The van der Waals surface area contributed by atoms with Gasteiger partial charge in [0.1, 0.15) is 25.4 Å². The lowest BCUT2D eigenvalue weighted by Crippen LogP contribution is -2.59. The fourth-order valence-electron chi connectivity index (χ4n) is 4.60.